The number of benzene rings is 1. The van der Waals surface area contributed by atoms with Gasteiger partial charge in [-0.25, -0.2) is 0 Å². The van der Waals surface area contributed by atoms with Gasteiger partial charge in [-0.15, -0.1) is 0 Å². The molecule has 1 aliphatic carbocycles. The molecule has 1 aliphatic heterocycles. The Morgan fingerprint density at radius 1 is 1.45 bits per heavy atom. The normalized spacial score (nSPS) is 26.8. The first-order chi connectivity index (χ1) is 10.6. The number of phenols is 1. The fourth-order valence-electron chi connectivity index (χ4n) is 3.47. The average Bonchev–Trinajstić information content (AvgIpc) is 2.53. The van der Waals surface area contributed by atoms with E-state index < -0.39 is 5.41 Å². The molecule has 0 radical (unpaired) electrons. The van der Waals surface area contributed by atoms with Crippen LogP contribution in [0.15, 0.2) is 12.1 Å². The lowest BCUT2D eigenvalue weighted by atomic mass is 9.62. The van der Waals surface area contributed by atoms with Gasteiger partial charge in [0.1, 0.15) is 5.75 Å². The molecule has 1 aromatic carbocycles. The highest BCUT2D eigenvalue weighted by Gasteiger charge is 2.43. The highest BCUT2D eigenvalue weighted by Crippen LogP contribution is 2.46. The molecule has 1 fully saturated rings. The molecule has 2 unspecified atom stereocenters. The van der Waals surface area contributed by atoms with E-state index in [2.05, 4.69) is 6.07 Å². The van der Waals surface area contributed by atoms with Crippen molar-refractivity contribution in [2.24, 2.45) is 0 Å². The quantitative estimate of drug-likeness (QED) is 0.847. The van der Waals surface area contributed by atoms with Crippen LogP contribution in [0.3, 0.4) is 0 Å². The lowest BCUT2D eigenvalue weighted by Gasteiger charge is -2.39. The molecule has 22 heavy (non-hydrogen) atoms. The summed E-state index contributed by atoms with van der Waals surface area (Å²) in [5.41, 5.74) is 2.61. The van der Waals surface area contributed by atoms with E-state index in [-0.39, 0.29) is 12.0 Å². The van der Waals surface area contributed by atoms with Gasteiger partial charge in [0, 0.05) is 13.2 Å². The maximum Gasteiger partial charge on any atom is 0.157 e. The van der Waals surface area contributed by atoms with E-state index in [9.17, 15) is 10.4 Å². The molecule has 118 valence electrons. The maximum absolute atomic E-state index is 9.88. The van der Waals surface area contributed by atoms with Crippen LogP contribution in [-0.2, 0) is 21.3 Å². The minimum Gasteiger partial charge on any atom is -0.508 e. The van der Waals surface area contributed by atoms with E-state index in [1.165, 1.54) is 12.0 Å². The van der Waals surface area contributed by atoms with E-state index >= 15 is 0 Å². The summed E-state index contributed by atoms with van der Waals surface area (Å²) in [6.45, 7) is 3.31. The highest BCUT2D eigenvalue weighted by atomic mass is 16.7. The summed E-state index contributed by atoms with van der Waals surface area (Å²) in [7, 11) is 0. The second-order valence-electron chi connectivity index (χ2n) is 6.44. The molecule has 1 N–H and O–H groups in total. The van der Waals surface area contributed by atoms with Crippen LogP contribution in [0.5, 0.6) is 5.75 Å². The Kier molecular flexibility index (Phi) is 4.37. The van der Waals surface area contributed by atoms with Crippen LogP contribution in [0.4, 0.5) is 0 Å². The summed E-state index contributed by atoms with van der Waals surface area (Å²) in [6.07, 6.45) is 5.58. The van der Waals surface area contributed by atoms with Gasteiger partial charge in [-0.05, 0) is 68.2 Å². The number of hydrogen-bond donors (Lipinski definition) is 1. The zero-order chi connectivity index (χ0) is 15.6. The Labute approximate surface area is 131 Å². The van der Waals surface area contributed by atoms with Gasteiger partial charge in [-0.1, -0.05) is 6.07 Å². The number of nitriles is 1. The van der Waals surface area contributed by atoms with Crippen LogP contribution in [-0.4, -0.2) is 24.6 Å². The second kappa shape index (κ2) is 6.28. The van der Waals surface area contributed by atoms with Crippen LogP contribution >= 0.6 is 0 Å². The van der Waals surface area contributed by atoms with Gasteiger partial charge in [0.05, 0.1) is 11.5 Å². The first-order valence-electron chi connectivity index (χ1n) is 8.12. The van der Waals surface area contributed by atoms with Crippen LogP contribution in [0.1, 0.15) is 48.8 Å². The Hall–Kier alpha value is -1.57. The number of nitrogens with zero attached hydrogens (tertiary/aromatic N) is 1. The molecule has 0 amide bonds. The predicted molar refractivity (Wildman–Crippen MR) is 82.6 cm³/mol. The van der Waals surface area contributed by atoms with Gasteiger partial charge in [0.2, 0.25) is 0 Å². The molecule has 4 nitrogen and oxygen atoms in total. The Morgan fingerprint density at radius 3 is 3.05 bits per heavy atom. The topological polar surface area (TPSA) is 62.5 Å². The smallest absolute Gasteiger partial charge is 0.157 e. The fraction of sp³-hybridized carbons (Fsp3) is 0.611. The third-order valence-electron chi connectivity index (χ3n) is 4.83. The van der Waals surface area contributed by atoms with E-state index in [1.807, 2.05) is 13.0 Å². The van der Waals surface area contributed by atoms with Crippen molar-refractivity contribution < 1.29 is 14.6 Å². The number of fused-ring (bicyclic) bond motifs is 1. The zero-order valence-electron chi connectivity index (χ0n) is 13.1. The summed E-state index contributed by atoms with van der Waals surface area (Å²) < 4.78 is 11.3. The van der Waals surface area contributed by atoms with Crippen molar-refractivity contribution in [2.45, 2.75) is 57.2 Å². The largest absolute Gasteiger partial charge is 0.508 e. The van der Waals surface area contributed by atoms with Crippen molar-refractivity contribution in [1.82, 2.24) is 0 Å². The lowest BCUT2D eigenvalue weighted by Crippen LogP contribution is -2.38. The maximum atomic E-state index is 9.88. The number of rotatable bonds is 5. The second-order valence-corrected chi connectivity index (χ2v) is 6.44. The minimum atomic E-state index is -0.447. The molecule has 3 rings (SSSR count). The SMILES string of the molecule is Cc1cc2c(cc1O)C(C#N)(CCCOC1CCCCO1)C2. The van der Waals surface area contributed by atoms with Crippen molar-refractivity contribution in [2.75, 3.05) is 13.2 Å². The predicted octanol–water partition coefficient (Wildman–Crippen LogP) is 3.34. The molecular weight excluding hydrogens is 278 g/mol. The van der Waals surface area contributed by atoms with Gasteiger partial charge in [-0.2, -0.15) is 5.26 Å². The molecule has 1 saturated heterocycles. The van der Waals surface area contributed by atoms with Crippen molar-refractivity contribution in [3.05, 3.63) is 28.8 Å². The minimum absolute atomic E-state index is 0.0628. The summed E-state index contributed by atoms with van der Waals surface area (Å²) in [5.74, 6) is 0.282. The number of phenolic OH excluding ortho intramolecular Hbond substituents is 1. The highest BCUT2D eigenvalue weighted by molar-refractivity contribution is 5.55. The summed E-state index contributed by atoms with van der Waals surface area (Å²) in [5, 5.41) is 19.5. The molecular formula is C18H23NO3. The summed E-state index contributed by atoms with van der Waals surface area (Å²) in [6, 6.07) is 6.22. The average molecular weight is 301 g/mol. The molecule has 0 saturated carbocycles. The lowest BCUT2D eigenvalue weighted by molar-refractivity contribution is -0.163. The van der Waals surface area contributed by atoms with Crippen molar-refractivity contribution in [3.8, 4) is 11.8 Å². The van der Waals surface area contributed by atoms with Crippen LogP contribution in [0, 0.1) is 18.3 Å². The third-order valence-corrected chi connectivity index (χ3v) is 4.83. The zero-order valence-corrected chi connectivity index (χ0v) is 13.1. The molecule has 1 aromatic rings. The molecule has 2 atom stereocenters. The molecule has 1 heterocycles. The van der Waals surface area contributed by atoms with Gasteiger partial charge < -0.3 is 14.6 Å². The van der Waals surface area contributed by atoms with E-state index in [0.29, 0.717) is 6.61 Å². The van der Waals surface area contributed by atoms with Gasteiger partial charge in [-0.3, -0.25) is 0 Å². The van der Waals surface area contributed by atoms with E-state index in [4.69, 9.17) is 9.47 Å². The van der Waals surface area contributed by atoms with Crippen molar-refractivity contribution in [1.29, 1.82) is 5.26 Å². The van der Waals surface area contributed by atoms with Crippen LogP contribution < -0.4 is 0 Å². The standard InChI is InChI=1S/C18H23NO3/c1-13-9-14-11-18(12-19,15(14)10-16(13)20)6-4-8-22-17-5-2-3-7-21-17/h9-10,17,20H,2-8,11H2,1H3. The van der Waals surface area contributed by atoms with Gasteiger partial charge >= 0.3 is 0 Å². The Balaban J connectivity index is 1.54. The van der Waals surface area contributed by atoms with Crippen LogP contribution in [0.2, 0.25) is 0 Å². The van der Waals surface area contributed by atoms with Crippen molar-refractivity contribution in [3.63, 3.8) is 0 Å². The first-order valence-corrected chi connectivity index (χ1v) is 8.12. The molecule has 0 spiro atoms. The molecule has 0 bridgehead atoms. The van der Waals surface area contributed by atoms with Gasteiger partial charge in [0.15, 0.2) is 6.29 Å². The van der Waals surface area contributed by atoms with Gasteiger partial charge in [0.25, 0.3) is 0 Å². The first kappa shape index (κ1) is 15.3. The number of ether oxygens (including phenoxy) is 2. The molecule has 4 heteroatoms. The fourth-order valence-corrected chi connectivity index (χ4v) is 3.47. The molecule has 2 aliphatic rings. The number of hydrogen-bond acceptors (Lipinski definition) is 4. The monoisotopic (exact) mass is 301 g/mol. The van der Waals surface area contributed by atoms with Crippen LogP contribution in [0.25, 0.3) is 0 Å². The van der Waals surface area contributed by atoms with E-state index in [1.54, 1.807) is 6.07 Å². The Bertz CT molecular complexity index is 587. The Morgan fingerprint density at radius 2 is 2.32 bits per heavy atom. The summed E-state index contributed by atoms with van der Waals surface area (Å²) >= 11 is 0. The molecule has 0 aromatic heterocycles. The third kappa shape index (κ3) is 2.84. The van der Waals surface area contributed by atoms with Crippen molar-refractivity contribution >= 4 is 0 Å². The number of aryl methyl sites for hydroxylation is 1. The van der Waals surface area contributed by atoms with E-state index in [0.717, 1.165) is 49.8 Å². The summed E-state index contributed by atoms with van der Waals surface area (Å²) in [4.78, 5) is 0. The number of aromatic hydroxyl groups is 1.